The summed E-state index contributed by atoms with van der Waals surface area (Å²) in [6, 6.07) is 6.58. The molecule has 32 heavy (non-hydrogen) atoms. The van der Waals surface area contributed by atoms with Crippen LogP contribution in [0.2, 0.25) is 0 Å². The first-order valence-corrected chi connectivity index (χ1v) is 9.91. The summed E-state index contributed by atoms with van der Waals surface area (Å²) in [6.45, 7) is 1.06. The number of aliphatic hydroxyl groups is 1. The molecule has 0 radical (unpaired) electrons. The molecule has 1 unspecified atom stereocenters. The Morgan fingerprint density at radius 2 is 2.12 bits per heavy atom. The second-order valence-corrected chi connectivity index (χ2v) is 7.81. The third-order valence-electron chi connectivity index (χ3n) is 6.31. The van der Waals surface area contributed by atoms with Crippen LogP contribution in [-0.4, -0.2) is 32.3 Å². The quantitative estimate of drug-likeness (QED) is 0.359. The number of hydrogen-bond donors (Lipinski definition) is 1. The molecule has 1 N–H and O–H groups in total. The van der Waals surface area contributed by atoms with Gasteiger partial charge in [-0.25, -0.2) is 14.3 Å². The molecule has 3 aliphatic heterocycles. The zero-order chi connectivity index (χ0) is 22.4. The van der Waals surface area contributed by atoms with E-state index >= 15 is 0 Å². The van der Waals surface area contributed by atoms with E-state index in [1.54, 1.807) is 25.1 Å². The molecule has 0 aliphatic carbocycles. The van der Waals surface area contributed by atoms with E-state index in [0.29, 0.717) is 16.7 Å². The molecule has 3 aromatic rings. The molecule has 3 aliphatic rings. The molecule has 0 fully saturated rings. The highest BCUT2D eigenvalue weighted by molar-refractivity contribution is 5.96. The number of benzene rings is 1. The Kier molecular flexibility index (Phi) is 3.54. The fraction of sp³-hybridized carbons (Fsp3) is 0.286. The van der Waals surface area contributed by atoms with Crippen LogP contribution in [0, 0.1) is 10.1 Å². The SMILES string of the molecule is CC[C@@]1(O)C(=O)OCc2c1cc1n(c2=O)C([N+](=O)[O-])c2c-1nc1cccc3c1c2OCO3. The van der Waals surface area contributed by atoms with Crippen LogP contribution in [0.25, 0.3) is 22.3 Å². The van der Waals surface area contributed by atoms with E-state index < -0.39 is 28.2 Å². The lowest BCUT2D eigenvalue weighted by atomic mass is 9.86. The Balaban J connectivity index is 1.75. The minimum Gasteiger partial charge on any atom is -0.458 e. The monoisotopic (exact) mass is 437 g/mol. The Labute approximate surface area is 178 Å². The Morgan fingerprint density at radius 3 is 2.88 bits per heavy atom. The topological polar surface area (TPSA) is 143 Å². The van der Waals surface area contributed by atoms with Gasteiger partial charge in [0.1, 0.15) is 23.6 Å². The average Bonchev–Trinajstić information content (AvgIpc) is 3.12. The predicted molar refractivity (Wildman–Crippen MR) is 107 cm³/mol. The maximum atomic E-state index is 13.4. The third-order valence-corrected chi connectivity index (χ3v) is 6.31. The van der Waals surface area contributed by atoms with Crippen LogP contribution in [0.4, 0.5) is 0 Å². The molecule has 5 heterocycles. The molecule has 2 aromatic heterocycles. The van der Waals surface area contributed by atoms with Crippen molar-refractivity contribution in [3.63, 3.8) is 0 Å². The number of esters is 1. The minimum atomic E-state index is -2.03. The van der Waals surface area contributed by atoms with Gasteiger partial charge in [-0.15, -0.1) is 0 Å². The van der Waals surface area contributed by atoms with Gasteiger partial charge in [0.25, 0.3) is 5.56 Å². The van der Waals surface area contributed by atoms with Crippen molar-refractivity contribution < 1.29 is 29.0 Å². The van der Waals surface area contributed by atoms with Gasteiger partial charge in [-0.3, -0.25) is 14.9 Å². The molecular formula is C21H15N3O8. The molecule has 11 heteroatoms. The van der Waals surface area contributed by atoms with Crippen LogP contribution in [-0.2, 0) is 21.7 Å². The van der Waals surface area contributed by atoms with Crippen LogP contribution in [0.15, 0.2) is 29.1 Å². The van der Waals surface area contributed by atoms with Gasteiger partial charge in [0, 0.05) is 5.56 Å². The van der Waals surface area contributed by atoms with E-state index in [9.17, 15) is 24.8 Å². The number of fused-ring (bicyclic) bond motifs is 5. The van der Waals surface area contributed by atoms with E-state index in [1.165, 1.54) is 6.07 Å². The maximum absolute atomic E-state index is 13.4. The summed E-state index contributed by atoms with van der Waals surface area (Å²) in [4.78, 5) is 41.9. The molecule has 0 saturated carbocycles. The van der Waals surface area contributed by atoms with E-state index in [-0.39, 0.29) is 53.6 Å². The standard InChI is InChI=1S/C21H15N3O8/c1-2-21(27)10-6-12-16-15(17-14-11(22-16)4-3-5-13(14)31-8-32-17)18(24(28)29)23(12)19(25)9(10)7-30-20(21)26/h3-6,18,27H,2,7-8H2,1H3/t18?,21-/m0/s1. The zero-order valence-electron chi connectivity index (χ0n) is 16.7. The normalized spacial score (nSPS) is 22.3. The van der Waals surface area contributed by atoms with Crippen molar-refractivity contribution in [3.05, 3.63) is 61.4 Å². The number of hydrogen-bond acceptors (Lipinski definition) is 9. The molecule has 1 aromatic carbocycles. The predicted octanol–water partition coefficient (Wildman–Crippen LogP) is 1.58. The van der Waals surface area contributed by atoms with Gasteiger partial charge in [-0.1, -0.05) is 13.0 Å². The summed E-state index contributed by atoms with van der Waals surface area (Å²) >= 11 is 0. The van der Waals surface area contributed by atoms with E-state index in [1.807, 2.05) is 0 Å². The summed E-state index contributed by atoms with van der Waals surface area (Å²) in [5.41, 5.74) is -1.75. The van der Waals surface area contributed by atoms with Crippen LogP contribution < -0.4 is 15.0 Å². The fourth-order valence-corrected chi connectivity index (χ4v) is 4.75. The van der Waals surface area contributed by atoms with Crippen molar-refractivity contribution in [2.24, 2.45) is 0 Å². The Hall–Kier alpha value is -3.99. The van der Waals surface area contributed by atoms with Gasteiger partial charge in [-0.2, -0.15) is 0 Å². The van der Waals surface area contributed by atoms with Gasteiger partial charge < -0.3 is 19.3 Å². The van der Waals surface area contributed by atoms with Crippen molar-refractivity contribution >= 4 is 16.9 Å². The second kappa shape index (κ2) is 6.04. The van der Waals surface area contributed by atoms with Gasteiger partial charge in [0.2, 0.25) is 6.79 Å². The summed E-state index contributed by atoms with van der Waals surface area (Å²) < 4.78 is 17.2. The second-order valence-electron chi connectivity index (χ2n) is 7.81. The third kappa shape index (κ3) is 2.10. The van der Waals surface area contributed by atoms with E-state index in [2.05, 4.69) is 4.98 Å². The lowest BCUT2D eigenvalue weighted by molar-refractivity contribution is -0.534. The number of carbonyl (C=O) groups excluding carboxylic acids is 1. The van der Waals surface area contributed by atoms with Gasteiger partial charge in [0.05, 0.1) is 27.1 Å². The molecular weight excluding hydrogens is 422 g/mol. The number of pyridine rings is 2. The number of nitro groups is 1. The average molecular weight is 437 g/mol. The number of aromatic nitrogens is 2. The minimum absolute atomic E-state index is 0.000459. The lowest BCUT2D eigenvalue weighted by Gasteiger charge is -2.31. The van der Waals surface area contributed by atoms with Gasteiger partial charge in [-0.05, 0) is 24.6 Å². The number of ether oxygens (including phenoxy) is 3. The zero-order valence-corrected chi connectivity index (χ0v) is 16.7. The summed E-state index contributed by atoms with van der Waals surface area (Å²) in [5, 5.41) is 23.7. The highest BCUT2D eigenvalue weighted by atomic mass is 16.7. The molecule has 0 saturated heterocycles. The lowest BCUT2D eigenvalue weighted by Crippen LogP contribution is -2.45. The molecule has 6 rings (SSSR count). The Bertz CT molecular complexity index is 1450. The molecule has 162 valence electrons. The summed E-state index contributed by atoms with van der Waals surface area (Å²) in [7, 11) is 0. The first-order chi connectivity index (χ1) is 15.4. The van der Waals surface area contributed by atoms with Crippen molar-refractivity contribution in [2.45, 2.75) is 31.7 Å². The van der Waals surface area contributed by atoms with Crippen LogP contribution >= 0.6 is 0 Å². The molecule has 2 atom stereocenters. The highest BCUT2D eigenvalue weighted by Gasteiger charge is 2.49. The van der Waals surface area contributed by atoms with Gasteiger partial charge in [0.15, 0.2) is 11.4 Å². The first-order valence-electron chi connectivity index (χ1n) is 9.91. The van der Waals surface area contributed by atoms with Gasteiger partial charge >= 0.3 is 12.1 Å². The molecule has 0 amide bonds. The molecule has 11 nitrogen and oxygen atoms in total. The summed E-state index contributed by atoms with van der Waals surface area (Å²) in [6.07, 6.45) is -1.63. The molecule has 0 spiro atoms. The smallest absolute Gasteiger partial charge is 0.343 e. The Morgan fingerprint density at radius 1 is 1.31 bits per heavy atom. The highest BCUT2D eigenvalue weighted by Crippen LogP contribution is 2.50. The van der Waals surface area contributed by atoms with E-state index in [0.717, 1.165) is 4.57 Å². The summed E-state index contributed by atoms with van der Waals surface area (Å²) in [5.74, 6) is -0.164. The van der Waals surface area contributed by atoms with Crippen molar-refractivity contribution in [1.29, 1.82) is 0 Å². The number of rotatable bonds is 2. The van der Waals surface area contributed by atoms with Crippen molar-refractivity contribution in [3.8, 4) is 22.9 Å². The molecule has 0 bridgehead atoms. The maximum Gasteiger partial charge on any atom is 0.343 e. The van der Waals surface area contributed by atoms with Crippen LogP contribution in [0.3, 0.4) is 0 Å². The number of carbonyl (C=O) groups is 1. The van der Waals surface area contributed by atoms with Crippen molar-refractivity contribution in [1.82, 2.24) is 9.55 Å². The largest absolute Gasteiger partial charge is 0.458 e. The van der Waals surface area contributed by atoms with Crippen molar-refractivity contribution in [2.75, 3.05) is 6.79 Å². The first kappa shape index (κ1) is 18.8. The van der Waals surface area contributed by atoms with E-state index in [4.69, 9.17) is 14.2 Å². The number of cyclic esters (lactones) is 1. The fourth-order valence-electron chi connectivity index (χ4n) is 4.75. The van der Waals surface area contributed by atoms with Crippen LogP contribution in [0.5, 0.6) is 11.5 Å². The van der Waals surface area contributed by atoms with Crippen LogP contribution in [0.1, 0.15) is 36.2 Å². The number of nitrogens with zero attached hydrogens (tertiary/aromatic N) is 3.